The molecule has 1 unspecified atom stereocenters. The van der Waals surface area contributed by atoms with E-state index >= 15 is 0 Å². The van der Waals surface area contributed by atoms with E-state index in [1.165, 1.54) is 6.07 Å². The zero-order chi connectivity index (χ0) is 14.8. The van der Waals surface area contributed by atoms with Crippen LogP contribution >= 0.6 is 15.9 Å². The molecular weight excluding hydrogens is 348 g/mol. The first-order valence-electron chi connectivity index (χ1n) is 6.25. The standard InChI is InChI=1S/C12H15BrN2O4S/c13-10-3-4-12(15(16)17)9(6-10)7-14-8-11-2-1-5-20(11,18)19/h3-4,6,11,14H,1-2,5,7-8H2. The number of nitrogens with one attached hydrogen (secondary N) is 1. The molecule has 6 nitrogen and oxygen atoms in total. The van der Waals surface area contributed by atoms with Crippen LogP contribution in [0.2, 0.25) is 0 Å². The lowest BCUT2D eigenvalue weighted by Gasteiger charge is -2.11. The van der Waals surface area contributed by atoms with E-state index in [0.29, 0.717) is 24.9 Å². The summed E-state index contributed by atoms with van der Waals surface area (Å²) in [5.74, 6) is 0.246. The second-order valence-corrected chi connectivity index (χ2v) is 8.11. The van der Waals surface area contributed by atoms with Gasteiger partial charge in [0.25, 0.3) is 5.69 Å². The smallest absolute Gasteiger partial charge is 0.273 e. The molecule has 0 saturated carbocycles. The molecule has 8 heteroatoms. The molecule has 0 radical (unpaired) electrons. The molecule has 0 amide bonds. The van der Waals surface area contributed by atoms with Gasteiger partial charge in [0.1, 0.15) is 0 Å². The maximum absolute atomic E-state index is 11.7. The van der Waals surface area contributed by atoms with Gasteiger partial charge in [-0.25, -0.2) is 8.42 Å². The molecule has 1 heterocycles. The fraction of sp³-hybridized carbons (Fsp3) is 0.500. The predicted molar refractivity (Wildman–Crippen MR) is 79.3 cm³/mol. The first kappa shape index (κ1) is 15.4. The number of nitro groups is 1. The first-order chi connectivity index (χ1) is 9.40. The van der Waals surface area contributed by atoms with Gasteiger partial charge in [-0.05, 0) is 25.0 Å². The van der Waals surface area contributed by atoms with Gasteiger partial charge in [-0.2, -0.15) is 0 Å². The lowest BCUT2D eigenvalue weighted by molar-refractivity contribution is -0.385. The highest BCUT2D eigenvalue weighted by molar-refractivity contribution is 9.10. The van der Waals surface area contributed by atoms with Crippen LogP contribution < -0.4 is 5.32 Å². The first-order valence-corrected chi connectivity index (χ1v) is 8.76. The lowest BCUT2D eigenvalue weighted by atomic mass is 10.2. The van der Waals surface area contributed by atoms with Gasteiger partial charge < -0.3 is 5.32 Å². The minimum absolute atomic E-state index is 0.0370. The maximum atomic E-state index is 11.7. The number of nitrogens with zero attached hydrogens (tertiary/aromatic N) is 1. The van der Waals surface area contributed by atoms with E-state index in [1.807, 2.05) is 0 Å². The van der Waals surface area contributed by atoms with Crippen molar-refractivity contribution in [3.8, 4) is 0 Å². The highest BCUT2D eigenvalue weighted by Crippen LogP contribution is 2.23. The van der Waals surface area contributed by atoms with Crippen molar-refractivity contribution in [2.24, 2.45) is 0 Å². The molecule has 1 N–H and O–H groups in total. The number of hydrogen-bond acceptors (Lipinski definition) is 5. The Kier molecular flexibility index (Phi) is 4.77. The molecule has 1 aliphatic heterocycles. The summed E-state index contributed by atoms with van der Waals surface area (Å²) in [5, 5.41) is 13.6. The van der Waals surface area contributed by atoms with Crippen molar-refractivity contribution < 1.29 is 13.3 Å². The summed E-state index contributed by atoms with van der Waals surface area (Å²) in [5.41, 5.74) is 0.578. The molecule has 1 aliphatic rings. The van der Waals surface area contributed by atoms with Gasteiger partial charge in [-0.3, -0.25) is 10.1 Å². The van der Waals surface area contributed by atoms with Crippen molar-refractivity contribution in [3.63, 3.8) is 0 Å². The highest BCUT2D eigenvalue weighted by Gasteiger charge is 2.30. The third-order valence-corrected chi connectivity index (χ3v) is 6.16. The minimum atomic E-state index is -2.98. The molecule has 1 fully saturated rings. The summed E-state index contributed by atoms with van der Waals surface area (Å²) in [6, 6.07) is 4.73. The molecule has 0 spiro atoms. The molecule has 1 atom stereocenters. The van der Waals surface area contributed by atoms with Crippen LogP contribution in [-0.4, -0.2) is 30.9 Å². The average molecular weight is 363 g/mol. The van der Waals surface area contributed by atoms with Crippen LogP contribution in [-0.2, 0) is 16.4 Å². The number of nitro benzene ring substituents is 1. The topological polar surface area (TPSA) is 89.3 Å². The van der Waals surface area contributed by atoms with Gasteiger partial charge in [0.05, 0.1) is 15.9 Å². The Morgan fingerprint density at radius 3 is 2.80 bits per heavy atom. The van der Waals surface area contributed by atoms with E-state index in [-0.39, 0.29) is 23.2 Å². The summed E-state index contributed by atoms with van der Waals surface area (Å²) < 4.78 is 24.1. The van der Waals surface area contributed by atoms with E-state index in [4.69, 9.17) is 0 Å². The normalized spacial score (nSPS) is 20.9. The van der Waals surface area contributed by atoms with Crippen LogP contribution in [0.5, 0.6) is 0 Å². The number of rotatable bonds is 5. The van der Waals surface area contributed by atoms with Gasteiger partial charge >= 0.3 is 0 Å². The SMILES string of the molecule is O=[N+]([O-])c1ccc(Br)cc1CNCC1CCCS1(=O)=O. The van der Waals surface area contributed by atoms with Crippen LogP contribution in [0.4, 0.5) is 5.69 Å². The fourth-order valence-electron chi connectivity index (χ4n) is 2.33. The van der Waals surface area contributed by atoms with Gasteiger partial charge in [0.15, 0.2) is 9.84 Å². The van der Waals surface area contributed by atoms with Crippen molar-refractivity contribution in [2.75, 3.05) is 12.3 Å². The summed E-state index contributed by atoms with van der Waals surface area (Å²) in [6.45, 7) is 0.619. The Labute approximate surface area is 125 Å². The Bertz CT molecular complexity index is 618. The summed E-state index contributed by atoms with van der Waals surface area (Å²) in [6.07, 6.45) is 1.36. The fourth-order valence-corrected chi connectivity index (χ4v) is 4.54. The van der Waals surface area contributed by atoms with Gasteiger partial charge in [-0.1, -0.05) is 15.9 Å². The molecule has 0 aliphatic carbocycles. The molecule has 2 rings (SSSR count). The van der Waals surface area contributed by atoms with Gasteiger partial charge in [0.2, 0.25) is 0 Å². The Morgan fingerprint density at radius 1 is 1.45 bits per heavy atom. The second-order valence-electron chi connectivity index (χ2n) is 4.79. The Morgan fingerprint density at radius 2 is 2.20 bits per heavy atom. The van der Waals surface area contributed by atoms with Crippen molar-refractivity contribution in [2.45, 2.75) is 24.6 Å². The van der Waals surface area contributed by atoms with E-state index in [0.717, 1.165) is 4.47 Å². The van der Waals surface area contributed by atoms with Crippen LogP contribution in [0.15, 0.2) is 22.7 Å². The highest BCUT2D eigenvalue weighted by atomic mass is 79.9. The van der Waals surface area contributed by atoms with Crippen LogP contribution in [0, 0.1) is 10.1 Å². The minimum Gasteiger partial charge on any atom is -0.311 e. The van der Waals surface area contributed by atoms with Crippen molar-refractivity contribution in [3.05, 3.63) is 38.3 Å². The summed E-state index contributed by atoms with van der Waals surface area (Å²) in [7, 11) is -2.98. The Balaban J connectivity index is 2.01. The van der Waals surface area contributed by atoms with Gasteiger partial charge in [-0.15, -0.1) is 0 Å². The largest absolute Gasteiger partial charge is 0.311 e. The molecule has 0 bridgehead atoms. The molecule has 20 heavy (non-hydrogen) atoms. The second kappa shape index (κ2) is 6.19. The summed E-state index contributed by atoms with van der Waals surface area (Å²) >= 11 is 3.28. The van der Waals surface area contributed by atoms with Crippen LogP contribution in [0.1, 0.15) is 18.4 Å². The van der Waals surface area contributed by atoms with E-state index in [1.54, 1.807) is 12.1 Å². The monoisotopic (exact) mass is 362 g/mol. The van der Waals surface area contributed by atoms with E-state index in [2.05, 4.69) is 21.2 Å². The number of sulfone groups is 1. The Hall–Kier alpha value is -0.990. The van der Waals surface area contributed by atoms with Crippen molar-refractivity contribution in [1.82, 2.24) is 5.32 Å². The van der Waals surface area contributed by atoms with E-state index in [9.17, 15) is 18.5 Å². The molecule has 1 aromatic carbocycles. The average Bonchev–Trinajstić information content (AvgIpc) is 2.68. The van der Waals surface area contributed by atoms with Crippen LogP contribution in [0.25, 0.3) is 0 Å². The third kappa shape index (κ3) is 3.56. The lowest BCUT2D eigenvalue weighted by Crippen LogP contribution is -2.30. The molecular formula is C12H15BrN2O4S. The number of hydrogen-bond donors (Lipinski definition) is 1. The number of benzene rings is 1. The third-order valence-electron chi connectivity index (χ3n) is 3.39. The molecule has 1 aromatic rings. The van der Waals surface area contributed by atoms with Gasteiger partial charge in [0, 0.05) is 29.2 Å². The van der Waals surface area contributed by atoms with Crippen molar-refractivity contribution >= 4 is 31.5 Å². The molecule has 1 saturated heterocycles. The quantitative estimate of drug-likeness (QED) is 0.639. The predicted octanol–water partition coefficient (Wildman–Crippen LogP) is 2.02. The molecule has 0 aromatic heterocycles. The van der Waals surface area contributed by atoms with Crippen LogP contribution in [0.3, 0.4) is 0 Å². The van der Waals surface area contributed by atoms with Crippen molar-refractivity contribution in [1.29, 1.82) is 0 Å². The van der Waals surface area contributed by atoms with E-state index < -0.39 is 14.8 Å². The maximum Gasteiger partial charge on any atom is 0.273 e. The molecule has 110 valence electrons. The number of halogens is 1. The summed E-state index contributed by atoms with van der Waals surface area (Å²) in [4.78, 5) is 10.5. The zero-order valence-electron chi connectivity index (χ0n) is 10.7. The zero-order valence-corrected chi connectivity index (χ0v) is 13.1.